The third kappa shape index (κ3) is 2.93. The number of fused-ring (bicyclic) bond motifs is 4. The van der Waals surface area contributed by atoms with E-state index in [2.05, 4.69) is 34.1 Å². The maximum Gasteiger partial charge on any atom is 0.228 e. The van der Waals surface area contributed by atoms with Gasteiger partial charge < -0.3 is 18.6 Å². The van der Waals surface area contributed by atoms with Gasteiger partial charge >= 0.3 is 0 Å². The van der Waals surface area contributed by atoms with E-state index in [-0.39, 0.29) is 5.92 Å². The van der Waals surface area contributed by atoms with Crippen LogP contribution in [0.5, 0.6) is 11.6 Å². The molecule has 6 heteroatoms. The molecule has 5 rings (SSSR count). The normalized spacial score (nSPS) is 15.2. The van der Waals surface area contributed by atoms with E-state index < -0.39 is 0 Å². The quantitative estimate of drug-likeness (QED) is 0.508. The molecule has 1 aliphatic heterocycles. The van der Waals surface area contributed by atoms with E-state index in [1.165, 1.54) is 0 Å². The number of likely N-dealkylation sites (N-methyl/N-ethyl adjacent to an activating group) is 1. The number of hydrogen-bond donors (Lipinski definition) is 1. The summed E-state index contributed by atoms with van der Waals surface area (Å²) in [5.74, 6) is 1.81. The minimum absolute atomic E-state index is 0.236. The highest BCUT2D eigenvalue weighted by Gasteiger charge is 2.34. The van der Waals surface area contributed by atoms with E-state index in [1.54, 1.807) is 12.6 Å². The van der Waals surface area contributed by atoms with Crippen molar-refractivity contribution < 1.29 is 9.15 Å². The van der Waals surface area contributed by atoms with Crippen molar-refractivity contribution in [3.63, 3.8) is 0 Å². The molecule has 3 heterocycles. The van der Waals surface area contributed by atoms with E-state index in [4.69, 9.17) is 14.6 Å². The van der Waals surface area contributed by atoms with Gasteiger partial charge in [0.25, 0.3) is 0 Å². The lowest BCUT2D eigenvalue weighted by Crippen LogP contribution is -2.32. The first kappa shape index (κ1) is 17.7. The summed E-state index contributed by atoms with van der Waals surface area (Å²) < 4.78 is 14.0. The molecular weight excluding hydrogens is 364 g/mol. The van der Waals surface area contributed by atoms with Crippen LogP contribution in [0.15, 0.2) is 65.5 Å². The molecule has 0 saturated heterocycles. The average Bonchev–Trinajstić information content (AvgIpc) is 3.26. The molecule has 6 nitrogen and oxygen atoms in total. The Balaban J connectivity index is 1.74. The summed E-state index contributed by atoms with van der Waals surface area (Å²) in [6, 6.07) is 16.2. The van der Waals surface area contributed by atoms with Crippen molar-refractivity contribution in [1.29, 1.82) is 5.41 Å². The molecule has 146 valence electrons. The molecule has 1 atom stereocenters. The number of aromatic nitrogens is 2. The van der Waals surface area contributed by atoms with Crippen molar-refractivity contribution in [1.82, 2.24) is 14.5 Å². The fourth-order valence-corrected chi connectivity index (χ4v) is 3.93. The second-order valence-electron chi connectivity index (χ2n) is 7.56. The zero-order valence-electron chi connectivity index (χ0n) is 16.4. The standard InChI is InChI=1S/C23H22N4O2/c1-26(2)11-12-27-14-25-23-20(22(27)24)19(18-8-5-13-28-18)17-10-9-15-6-3-4-7-16(15)21(17)29-23/h3-10,13-14,19,24H,11-12H2,1-2H3/t19-/m1/s1. The summed E-state index contributed by atoms with van der Waals surface area (Å²) in [6.45, 7) is 1.51. The van der Waals surface area contributed by atoms with Gasteiger partial charge in [0.1, 0.15) is 23.3 Å². The van der Waals surface area contributed by atoms with E-state index in [1.807, 2.05) is 42.9 Å². The summed E-state index contributed by atoms with van der Waals surface area (Å²) in [5.41, 5.74) is 2.13. The van der Waals surface area contributed by atoms with Crippen LogP contribution < -0.4 is 10.2 Å². The molecule has 0 radical (unpaired) electrons. The molecule has 2 aromatic carbocycles. The van der Waals surface area contributed by atoms with Gasteiger partial charge in [0.2, 0.25) is 5.88 Å². The molecule has 4 aromatic rings. The highest BCUT2D eigenvalue weighted by atomic mass is 16.5. The molecule has 0 amide bonds. The predicted molar refractivity (Wildman–Crippen MR) is 110 cm³/mol. The number of nitrogens with one attached hydrogen (secondary N) is 1. The number of benzene rings is 2. The molecule has 2 aromatic heterocycles. The lowest BCUT2D eigenvalue weighted by Gasteiger charge is -2.28. The highest BCUT2D eigenvalue weighted by molar-refractivity contribution is 5.91. The van der Waals surface area contributed by atoms with Crippen LogP contribution >= 0.6 is 0 Å². The Morgan fingerprint density at radius 1 is 1.10 bits per heavy atom. The van der Waals surface area contributed by atoms with Crippen LogP contribution in [0.3, 0.4) is 0 Å². The molecule has 29 heavy (non-hydrogen) atoms. The number of rotatable bonds is 4. The molecule has 0 aliphatic carbocycles. The van der Waals surface area contributed by atoms with Crippen molar-refractivity contribution in [3.8, 4) is 11.6 Å². The maximum absolute atomic E-state index is 8.89. The first-order chi connectivity index (χ1) is 14.1. The fraction of sp³-hybridized carbons (Fsp3) is 0.217. The zero-order chi connectivity index (χ0) is 20.0. The molecule has 0 unspecified atom stereocenters. The largest absolute Gasteiger partial charge is 0.468 e. The summed E-state index contributed by atoms with van der Waals surface area (Å²) in [7, 11) is 4.04. The average molecular weight is 386 g/mol. The molecule has 0 saturated carbocycles. The number of hydrogen-bond acceptors (Lipinski definition) is 5. The topological polar surface area (TPSA) is 67.3 Å². The van der Waals surface area contributed by atoms with Crippen LogP contribution in [0.2, 0.25) is 0 Å². The van der Waals surface area contributed by atoms with Crippen molar-refractivity contribution in [2.45, 2.75) is 12.5 Å². The number of nitrogens with zero attached hydrogens (tertiary/aromatic N) is 3. The minimum atomic E-state index is -0.236. The third-order valence-corrected chi connectivity index (χ3v) is 5.41. The molecule has 1 N–H and O–H groups in total. The van der Waals surface area contributed by atoms with Crippen molar-refractivity contribution in [2.24, 2.45) is 0 Å². The Labute approximate surface area is 168 Å². The Hall–Kier alpha value is -3.38. The lowest BCUT2D eigenvalue weighted by atomic mass is 9.86. The van der Waals surface area contributed by atoms with Crippen LogP contribution in [0.4, 0.5) is 0 Å². The molecular formula is C23H22N4O2. The van der Waals surface area contributed by atoms with Gasteiger partial charge in [-0.15, -0.1) is 0 Å². The van der Waals surface area contributed by atoms with Gasteiger partial charge in [-0.25, -0.2) is 4.98 Å². The highest BCUT2D eigenvalue weighted by Crippen LogP contribution is 2.47. The lowest BCUT2D eigenvalue weighted by molar-refractivity contribution is 0.369. The fourth-order valence-electron chi connectivity index (χ4n) is 3.93. The van der Waals surface area contributed by atoms with E-state index in [0.29, 0.717) is 17.9 Å². The molecule has 0 spiro atoms. The first-order valence-corrected chi connectivity index (χ1v) is 9.65. The van der Waals surface area contributed by atoms with E-state index in [0.717, 1.165) is 40.0 Å². The van der Waals surface area contributed by atoms with Crippen LogP contribution in [0.1, 0.15) is 22.8 Å². The second kappa shape index (κ2) is 6.90. The minimum Gasteiger partial charge on any atom is -0.468 e. The van der Waals surface area contributed by atoms with E-state index >= 15 is 0 Å². The summed E-state index contributed by atoms with van der Waals surface area (Å²) >= 11 is 0. The van der Waals surface area contributed by atoms with Crippen LogP contribution in [-0.4, -0.2) is 35.1 Å². The Morgan fingerprint density at radius 3 is 2.76 bits per heavy atom. The predicted octanol–water partition coefficient (Wildman–Crippen LogP) is 3.96. The van der Waals surface area contributed by atoms with Gasteiger partial charge in [0, 0.05) is 24.0 Å². The molecule has 0 bridgehead atoms. The van der Waals surface area contributed by atoms with Gasteiger partial charge in [-0.3, -0.25) is 5.41 Å². The van der Waals surface area contributed by atoms with Crippen molar-refractivity contribution in [2.75, 3.05) is 20.6 Å². The second-order valence-corrected chi connectivity index (χ2v) is 7.56. The van der Waals surface area contributed by atoms with Crippen LogP contribution in [-0.2, 0) is 6.54 Å². The zero-order valence-corrected chi connectivity index (χ0v) is 16.4. The van der Waals surface area contributed by atoms with Gasteiger partial charge in [0.05, 0.1) is 17.7 Å². The number of furan rings is 1. The van der Waals surface area contributed by atoms with Crippen LogP contribution in [0.25, 0.3) is 10.8 Å². The summed E-state index contributed by atoms with van der Waals surface area (Å²) in [4.78, 5) is 6.68. The number of ether oxygens (including phenoxy) is 1. The maximum atomic E-state index is 8.89. The SMILES string of the molecule is CN(C)CCn1cnc2c(c1=N)[C@@H](c1ccco1)c1ccc3ccccc3c1O2. The monoisotopic (exact) mass is 386 g/mol. The third-order valence-electron chi connectivity index (χ3n) is 5.41. The Kier molecular flexibility index (Phi) is 4.21. The van der Waals surface area contributed by atoms with Crippen molar-refractivity contribution in [3.05, 3.63) is 83.5 Å². The first-order valence-electron chi connectivity index (χ1n) is 9.65. The van der Waals surface area contributed by atoms with Gasteiger partial charge in [-0.05, 0) is 31.6 Å². The van der Waals surface area contributed by atoms with Gasteiger partial charge in [0.15, 0.2) is 0 Å². The van der Waals surface area contributed by atoms with Gasteiger partial charge in [-0.1, -0.05) is 36.4 Å². The summed E-state index contributed by atoms with van der Waals surface area (Å²) in [5, 5.41) is 11.0. The summed E-state index contributed by atoms with van der Waals surface area (Å²) in [6.07, 6.45) is 3.37. The smallest absolute Gasteiger partial charge is 0.228 e. The van der Waals surface area contributed by atoms with Crippen LogP contribution in [0, 0.1) is 5.41 Å². The van der Waals surface area contributed by atoms with Crippen molar-refractivity contribution >= 4 is 10.8 Å². The molecule has 0 fully saturated rings. The van der Waals surface area contributed by atoms with Gasteiger partial charge in [-0.2, -0.15) is 0 Å². The Bertz CT molecular complexity index is 1240. The van der Waals surface area contributed by atoms with E-state index in [9.17, 15) is 0 Å². The Morgan fingerprint density at radius 2 is 1.97 bits per heavy atom. The molecule has 1 aliphatic rings.